The topological polar surface area (TPSA) is 68.8 Å². The number of hydrogen-bond acceptors (Lipinski definition) is 5. The summed E-state index contributed by atoms with van der Waals surface area (Å²) in [6, 6.07) is 0. The number of aromatic nitrogens is 5. The fourth-order valence-electron chi connectivity index (χ4n) is 3.13. The lowest BCUT2D eigenvalue weighted by atomic mass is 10.0. The van der Waals surface area contributed by atoms with E-state index in [9.17, 15) is 4.79 Å². The Kier molecular flexibility index (Phi) is 4.93. The van der Waals surface area contributed by atoms with Crippen LogP contribution in [0.5, 0.6) is 0 Å². The number of aryl methyl sites for hydroxylation is 1. The Morgan fingerprint density at radius 3 is 2.75 bits per heavy atom. The molecule has 0 aliphatic carbocycles. The lowest BCUT2D eigenvalue weighted by molar-refractivity contribution is -0.132. The highest BCUT2D eigenvalue weighted by molar-refractivity contribution is 7.99. The Hall–Kier alpha value is -1.83. The highest BCUT2D eigenvalue weighted by atomic mass is 32.2. The van der Waals surface area contributed by atoms with E-state index in [1.165, 1.54) is 5.69 Å². The zero-order chi connectivity index (χ0) is 17.3. The quantitative estimate of drug-likeness (QED) is 0.773. The molecule has 0 atom stereocenters. The summed E-state index contributed by atoms with van der Waals surface area (Å²) in [6.07, 6.45) is 2.32. The molecule has 0 aromatic carbocycles. The summed E-state index contributed by atoms with van der Waals surface area (Å²) in [5.41, 5.74) is 3.15. The van der Waals surface area contributed by atoms with Crippen molar-refractivity contribution in [2.45, 2.75) is 44.8 Å². The van der Waals surface area contributed by atoms with E-state index in [4.69, 9.17) is 0 Å². The smallest absolute Gasteiger partial charge is 0.222 e. The van der Waals surface area contributed by atoms with Crippen LogP contribution in [0.1, 0.15) is 37.9 Å². The van der Waals surface area contributed by atoms with Gasteiger partial charge < -0.3 is 9.47 Å². The van der Waals surface area contributed by atoms with Crippen LogP contribution < -0.4 is 0 Å². The second kappa shape index (κ2) is 6.96. The zero-order valence-corrected chi connectivity index (χ0v) is 15.6. The van der Waals surface area contributed by atoms with Gasteiger partial charge in [-0.1, -0.05) is 25.6 Å². The van der Waals surface area contributed by atoms with Crippen LogP contribution in [0.2, 0.25) is 0 Å². The largest absolute Gasteiger partial charge is 0.338 e. The van der Waals surface area contributed by atoms with Crippen LogP contribution in [0.4, 0.5) is 0 Å². The first-order valence-corrected chi connectivity index (χ1v) is 9.40. The summed E-state index contributed by atoms with van der Waals surface area (Å²) in [5.74, 6) is 1.94. The lowest BCUT2D eigenvalue weighted by Gasteiger charge is -2.27. The van der Waals surface area contributed by atoms with Gasteiger partial charge in [0.15, 0.2) is 11.0 Å². The molecule has 0 fully saturated rings. The van der Waals surface area contributed by atoms with Crippen molar-refractivity contribution in [3.63, 3.8) is 0 Å². The van der Waals surface area contributed by atoms with Crippen molar-refractivity contribution < 1.29 is 4.79 Å². The summed E-state index contributed by atoms with van der Waals surface area (Å²) in [4.78, 5) is 14.2. The molecule has 1 amide bonds. The fraction of sp³-hybridized carbons (Fsp3) is 0.625. The summed E-state index contributed by atoms with van der Waals surface area (Å²) >= 11 is 1.66. The van der Waals surface area contributed by atoms with Gasteiger partial charge in [-0.3, -0.25) is 9.48 Å². The Morgan fingerprint density at radius 1 is 1.25 bits per heavy atom. The fourth-order valence-corrected chi connectivity index (χ4v) is 3.77. The number of thioether (sulfide) groups is 1. The monoisotopic (exact) mass is 348 g/mol. The van der Waals surface area contributed by atoms with Crippen molar-refractivity contribution in [3.05, 3.63) is 11.3 Å². The normalized spacial score (nSPS) is 14.1. The van der Waals surface area contributed by atoms with Crippen LogP contribution in [0.15, 0.2) is 5.16 Å². The molecular formula is C16H24N6OS. The van der Waals surface area contributed by atoms with Crippen LogP contribution >= 0.6 is 11.8 Å². The van der Waals surface area contributed by atoms with Crippen LogP contribution in [0.25, 0.3) is 11.5 Å². The van der Waals surface area contributed by atoms with E-state index >= 15 is 0 Å². The molecular weight excluding hydrogens is 324 g/mol. The zero-order valence-electron chi connectivity index (χ0n) is 14.7. The minimum Gasteiger partial charge on any atom is -0.338 e. The number of carbonyl (C=O) groups excluding carboxylic acids is 1. The number of amides is 1. The highest BCUT2D eigenvalue weighted by Gasteiger charge is 2.28. The Balaban J connectivity index is 1.96. The molecule has 3 rings (SSSR count). The van der Waals surface area contributed by atoms with E-state index in [-0.39, 0.29) is 5.91 Å². The minimum atomic E-state index is 0.221. The van der Waals surface area contributed by atoms with Gasteiger partial charge in [-0.15, -0.1) is 10.2 Å². The Labute approximate surface area is 146 Å². The Morgan fingerprint density at radius 2 is 2.04 bits per heavy atom. The third-order valence-electron chi connectivity index (χ3n) is 4.38. The SMILES string of the molecule is CCCC(=O)N1CCc2c(c(-c3nnc(SCC)n3C)nn2C)C1. The standard InChI is InChI=1S/C16H24N6OS/c1-5-7-13(23)22-9-8-12-11(10-22)14(19-21(12)4)15-17-18-16(20(15)3)24-6-2/h5-10H2,1-4H3. The van der Waals surface area contributed by atoms with E-state index in [0.29, 0.717) is 13.0 Å². The molecule has 0 bridgehead atoms. The molecule has 2 aromatic heterocycles. The molecule has 0 radical (unpaired) electrons. The van der Waals surface area contributed by atoms with E-state index in [0.717, 1.165) is 47.4 Å². The van der Waals surface area contributed by atoms with Gasteiger partial charge in [0.2, 0.25) is 5.91 Å². The highest BCUT2D eigenvalue weighted by Crippen LogP contribution is 2.30. The first-order valence-electron chi connectivity index (χ1n) is 8.41. The number of nitrogens with zero attached hydrogens (tertiary/aromatic N) is 6. The van der Waals surface area contributed by atoms with Gasteiger partial charge in [0.05, 0.1) is 0 Å². The minimum absolute atomic E-state index is 0.221. The third kappa shape index (κ3) is 2.94. The molecule has 0 saturated carbocycles. The van der Waals surface area contributed by atoms with Gasteiger partial charge in [-0.2, -0.15) is 5.10 Å². The van der Waals surface area contributed by atoms with Crippen molar-refractivity contribution in [1.82, 2.24) is 29.4 Å². The molecule has 130 valence electrons. The van der Waals surface area contributed by atoms with Crippen molar-refractivity contribution in [2.75, 3.05) is 12.3 Å². The van der Waals surface area contributed by atoms with Crippen molar-refractivity contribution >= 4 is 17.7 Å². The van der Waals surface area contributed by atoms with Crippen molar-refractivity contribution in [2.24, 2.45) is 14.1 Å². The lowest BCUT2D eigenvalue weighted by Crippen LogP contribution is -2.36. The number of carbonyl (C=O) groups is 1. The first kappa shape index (κ1) is 17.0. The maximum atomic E-state index is 12.3. The average molecular weight is 348 g/mol. The molecule has 1 aliphatic heterocycles. The van der Waals surface area contributed by atoms with Crippen LogP contribution in [0, 0.1) is 0 Å². The molecule has 0 spiro atoms. The van der Waals surface area contributed by atoms with Gasteiger partial charge in [-0.25, -0.2) is 0 Å². The third-order valence-corrected chi connectivity index (χ3v) is 5.28. The van der Waals surface area contributed by atoms with Crippen molar-refractivity contribution in [3.8, 4) is 11.5 Å². The molecule has 3 heterocycles. The number of rotatable bonds is 5. The van der Waals surface area contributed by atoms with Crippen molar-refractivity contribution in [1.29, 1.82) is 0 Å². The molecule has 2 aromatic rings. The Bertz CT molecular complexity index is 750. The summed E-state index contributed by atoms with van der Waals surface area (Å²) in [6.45, 7) is 5.51. The molecule has 1 aliphatic rings. The molecule has 8 heteroatoms. The molecule has 0 unspecified atom stereocenters. The molecule has 24 heavy (non-hydrogen) atoms. The number of hydrogen-bond donors (Lipinski definition) is 0. The molecule has 0 saturated heterocycles. The van der Waals surface area contributed by atoms with E-state index in [1.54, 1.807) is 11.8 Å². The second-order valence-electron chi connectivity index (χ2n) is 6.01. The van der Waals surface area contributed by atoms with Crippen LogP contribution in [-0.2, 0) is 31.9 Å². The van der Waals surface area contributed by atoms with E-state index < -0.39 is 0 Å². The van der Waals surface area contributed by atoms with Gasteiger partial charge >= 0.3 is 0 Å². The van der Waals surface area contributed by atoms with Crippen LogP contribution in [-0.4, -0.2) is 47.6 Å². The second-order valence-corrected chi connectivity index (χ2v) is 7.24. The summed E-state index contributed by atoms with van der Waals surface area (Å²) in [7, 11) is 3.93. The number of fused-ring (bicyclic) bond motifs is 1. The van der Waals surface area contributed by atoms with Gasteiger partial charge in [0.25, 0.3) is 0 Å². The van der Waals surface area contributed by atoms with Crippen LogP contribution in [0.3, 0.4) is 0 Å². The average Bonchev–Trinajstić information content (AvgIpc) is 3.09. The maximum Gasteiger partial charge on any atom is 0.222 e. The summed E-state index contributed by atoms with van der Waals surface area (Å²) in [5, 5.41) is 14.2. The first-order chi connectivity index (χ1) is 11.6. The van der Waals surface area contributed by atoms with E-state index in [2.05, 4.69) is 22.2 Å². The predicted molar refractivity (Wildman–Crippen MR) is 93.6 cm³/mol. The summed E-state index contributed by atoms with van der Waals surface area (Å²) < 4.78 is 3.91. The maximum absolute atomic E-state index is 12.3. The van der Waals surface area contributed by atoms with Gasteiger partial charge in [0, 0.05) is 51.3 Å². The van der Waals surface area contributed by atoms with E-state index in [1.807, 2.05) is 35.2 Å². The van der Waals surface area contributed by atoms with Gasteiger partial charge in [-0.05, 0) is 12.2 Å². The predicted octanol–water partition coefficient (Wildman–Crippen LogP) is 2.01. The molecule has 7 nitrogen and oxygen atoms in total. The van der Waals surface area contributed by atoms with Gasteiger partial charge in [0.1, 0.15) is 5.69 Å². The molecule has 0 N–H and O–H groups in total.